The van der Waals surface area contributed by atoms with Crippen LogP contribution in [0.1, 0.15) is 10.9 Å². The molecule has 0 saturated carbocycles. The molecule has 0 spiro atoms. The Morgan fingerprint density at radius 3 is 2.65 bits per heavy atom. The quantitative estimate of drug-likeness (QED) is 0.840. The van der Waals surface area contributed by atoms with Crippen molar-refractivity contribution in [1.29, 1.82) is 0 Å². The van der Waals surface area contributed by atoms with E-state index in [1.165, 1.54) is 34.9 Å². The van der Waals surface area contributed by atoms with E-state index in [9.17, 15) is 13.6 Å². The van der Waals surface area contributed by atoms with Gasteiger partial charge in [-0.15, -0.1) is 11.8 Å². The molecule has 1 aliphatic rings. The van der Waals surface area contributed by atoms with Crippen molar-refractivity contribution in [2.45, 2.75) is 5.37 Å². The van der Waals surface area contributed by atoms with Crippen molar-refractivity contribution in [3.05, 3.63) is 65.7 Å². The summed E-state index contributed by atoms with van der Waals surface area (Å²) in [6.45, 7) is 0. The topological polar surface area (TPSA) is 20.3 Å². The predicted molar refractivity (Wildman–Crippen MR) is 75.5 cm³/mol. The molecule has 1 heterocycles. The summed E-state index contributed by atoms with van der Waals surface area (Å²) in [5.41, 5.74) is 0.890. The lowest BCUT2D eigenvalue weighted by atomic mass is 10.2. The molecule has 0 radical (unpaired) electrons. The van der Waals surface area contributed by atoms with Gasteiger partial charge < -0.3 is 0 Å². The molecule has 0 unspecified atom stereocenters. The summed E-state index contributed by atoms with van der Waals surface area (Å²) < 4.78 is 27.2. The van der Waals surface area contributed by atoms with Gasteiger partial charge in [0, 0.05) is 0 Å². The van der Waals surface area contributed by atoms with Crippen LogP contribution < -0.4 is 4.90 Å². The van der Waals surface area contributed by atoms with E-state index in [1.807, 2.05) is 0 Å². The first kappa shape index (κ1) is 13.1. The molecule has 1 atom stereocenters. The lowest BCUT2D eigenvalue weighted by Crippen LogP contribution is -2.28. The Kier molecular flexibility index (Phi) is 3.44. The first-order valence-corrected chi connectivity index (χ1v) is 7.15. The summed E-state index contributed by atoms with van der Waals surface area (Å²) in [6, 6.07) is 12.2. The van der Waals surface area contributed by atoms with Crippen LogP contribution in [0.25, 0.3) is 0 Å². The Hall–Kier alpha value is -1.88. The second-order valence-corrected chi connectivity index (χ2v) is 5.50. The van der Waals surface area contributed by atoms with Gasteiger partial charge in [0.05, 0.1) is 11.4 Å². The number of benzene rings is 2. The Labute approximate surface area is 119 Å². The molecule has 0 N–H and O–H groups in total. The summed E-state index contributed by atoms with van der Waals surface area (Å²) in [6.07, 6.45) is 0. The number of hydrogen-bond acceptors (Lipinski definition) is 2. The summed E-state index contributed by atoms with van der Waals surface area (Å²) in [4.78, 5) is 13.4. The molecule has 1 saturated heterocycles. The van der Waals surface area contributed by atoms with Crippen LogP contribution in [0.2, 0.25) is 0 Å². The van der Waals surface area contributed by atoms with Crippen molar-refractivity contribution < 1.29 is 13.6 Å². The summed E-state index contributed by atoms with van der Waals surface area (Å²) in [5, 5.41) is -0.393. The number of hydrogen-bond donors (Lipinski definition) is 0. The molecule has 0 aromatic heterocycles. The van der Waals surface area contributed by atoms with E-state index in [0.29, 0.717) is 5.56 Å². The number of nitrogens with zero attached hydrogens (tertiary/aromatic N) is 1. The SMILES string of the molecule is O=C1CS[C@H](c2cccc(F)c2)N1c1ccccc1F. The molecule has 1 aliphatic heterocycles. The highest BCUT2D eigenvalue weighted by Gasteiger charge is 2.35. The van der Waals surface area contributed by atoms with E-state index < -0.39 is 11.2 Å². The average Bonchev–Trinajstić information content (AvgIpc) is 2.81. The van der Waals surface area contributed by atoms with Crippen LogP contribution in [0, 0.1) is 11.6 Å². The molecule has 2 aromatic rings. The number of amides is 1. The molecule has 20 heavy (non-hydrogen) atoms. The second kappa shape index (κ2) is 5.25. The Balaban J connectivity index is 2.03. The van der Waals surface area contributed by atoms with E-state index in [0.717, 1.165) is 0 Å². The molecular formula is C15H11F2NOS. The largest absolute Gasteiger partial charge is 0.292 e. The molecule has 1 fully saturated rings. The van der Waals surface area contributed by atoms with Crippen molar-refractivity contribution in [2.24, 2.45) is 0 Å². The molecule has 1 amide bonds. The van der Waals surface area contributed by atoms with Gasteiger partial charge in [-0.25, -0.2) is 8.78 Å². The van der Waals surface area contributed by atoms with Gasteiger partial charge in [-0.3, -0.25) is 9.69 Å². The van der Waals surface area contributed by atoms with Crippen molar-refractivity contribution in [3.63, 3.8) is 0 Å². The van der Waals surface area contributed by atoms with Crippen molar-refractivity contribution >= 4 is 23.4 Å². The summed E-state index contributed by atoms with van der Waals surface area (Å²) >= 11 is 1.37. The van der Waals surface area contributed by atoms with E-state index in [1.54, 1.807) is 30.3 Å². The minimum absolute atomic E-state index is 0.172. The van der Waals surface area contributed by atoms with Crippen LogP contribution in [0.4, 0.5) is 14.5 Å². The Morgan fingerprint density at radius 1 is 1.10 bits per heavy atom. The van der Waals surface area contributed by atoms with Gasteiger partial charge in [0.25, 0.3) is 0 Å². The van der Waals surface area contributed by atoms with Gasteiger partial charge in [0.15, 0.2) is 0 Å². The zero-order valence-corrected chi connectivity index (χ0v) is 11.2. The molecule has 102 valence electrons. The van der Waals surface area contributed by atoms with Gasteiger partial charge in [-0.2, -0.15) is 0 Å². The van der Waals surface area contributed by atoms with Crippen molar-refractivity contribution in [1.82, 2.24) is 0 Å². The zero-order valence-electron chi connectivity index (χ0n) is 10.4. The van der Waals surface area contributed by atoms with Crippen LogP contribution in [-0.2, 0) is 4.79 Å². The molecule has 3 rings (SSSR count). The number of anilines is 1. The van der Waals surface area contributed by atoms with Crippen LogP contribution in [-0.4, -0.2) is 11.7 Å². The highest BCUT2D eigenvalue weighted by atomic mass is 32.2. The highest BCUT2D eigenvalue weighted by Crippen LogP contribution is 2.42. The van der Waals surface area contributed by atoms with Gasteiger partial charge >= 0.3 is 0 Å². The fourth-order valence-corrected chi connectivity index (χ4v) is 3.40. The maximum Gasteiger partial charge on any atom is 0.238 e. The lowest BCUT2D eigenvalue weighted by Gasteiger charge is -2.24. The van der Waals surface area contributed by atoms with Gasteiger partial charge in [-0.05, 0) is 29.8 Å². The second-order valence-electron chi connectivity index (χ2n) is 4.43. The predicted octanol–water partition coefficient (Wildman–Crippen LogP) is 3.74. The molecule has 2 nitrogen and oxygen atoms in total. The molecule has 0 bridgehead atoms. The van der Waals surface area contributed by atoms with E-state index >= 15 is 0 Å². The van der Waals surface area contributed by atoms with Crippen LogP contribution in [0.3, 0.4) is 0 Å². The monoisotopic (exact) mass is 291 g/mol. The fraction of sp³-hybridized carbons (Fsp3) is 0.133. The molecule has 5 heteroatoms. The first-order chi connectivity index (χ1) is 9.66. The minimum Gasteiger partial charge on any atom is -0.292 e. The average molecular weight is 291 g/mol. The van der Waals surface area contributed by atoms with Gasteiger partial charge in [0.2, 0.25) is 5.91 Å². The Morgan fingerprint density at radius 2 is 1.90 bits per heavy atom. The third-order valence-corrected chi connectivity index (χ3v) is 4.33. The third kappa shape index (κ3) is 2.29. The summed E-state index contributed by atoms with van der Waals surface area (Å²) in [7, 11) is 0. The molecule has 2 aromatic carbocycles. The van der Waals surface area contributed by atoms with Gasteiger partial charge in [-0.1, -0.05) is 24.3 Å². The van der Waals surface area contributed by atoms with Crippen molar-refractivity contribution in [2.75, 3.05) is 10.7 Å². The zero-order chi connectivity index (χ0) is 14.1. The van der Waals surface area contributed by atoms with E-state index in [2.05, 4.69) is 0 Å². The van der Waals surface area contributed by atoms with Crippen LogP contribution in [0.5, 0.6) is 0 Å². The van der Waals surface area contributed by atoms with Gasteiger partial charge in [0.1, 0.15) is 17.0 Å². The van der Waals surface area contributed by atoms with Crippen LogP contribution in [0.15, 0.2) is 48.5 Å². The van der Waals surface area contributed by atoms with Crippen molar-refractivity contribution in [3.8, 4) is 0 Å². The highest BCUT2D eigenvalue weighted by molar-refractivity contribution is 8.00. The molecule has 0 aliphatic carbocycles. The third-order valence-electron chi connectivity index (χ3n) is 3.11. The first-order valence-electron chi connectivity index (χ1n) is 6.10. The maximum atomic E-state index is 13.9. The Bertz CT molecular complexity index is 662. The maximum absolute atomic E-state index is 13.9. The number of carbonyl (C=O) groups is 1. The number of thioether (sulfide) groups is 1. The number of halogens is 2. The number of para-hydroxylation sites is 1. The molecular weight excluding hydrogens is 280 g/mol. The van der Waals surface area contributed by atoms with E-state index in [-0.39, 0.29) is 23.2 Å². The number of carbonyl (C=O) groups excluding carboxylic acids is 1. The summed E-state index contributed by atoms with van der Waals surface area (Å²) in [5.74, 6) is -0.731. The minimum atomic E-state index is -0.454. The van der Waals surface area contributed by atoms with E-state index in [4.69, 9.17) is 0 Å². The fourth-order valence-electron chi connectivity index (χ4n) is 2.24. The smallest absolute Gasteiger partial charge is 0.238 e. The number of rotatable bonds is 2. The van der Waals surface area contributed by atoms with Crippen LogP contribution >= 0.6 is 11.8 Å². The normalized spacial score (nSPS) is 18.6. The lowest BCUT2D eigenvalue weighted by molar-refractivity contribution is -0.115. The standard InChI is InChI=1S/C15H11F2NOS/c16-11-5-3-4-10(8-11)15-18(14(19)9-20-15)13-7-2-1-6-12(13)17/h1-8,15H,9H2/t15-/m1/s1.